The first-order valence-corrected chi connectivity index (χ1v) is 10.1. The van der Waals surface area contributed by atoms with Gasteiger partial charge >= 0.3 is 0 Å². The molecule has 0 aliphatic carbocycles. The van der Waals surface area contributed by atoms with Crippen molar-refractivity contribution in [3.05, 3.63) is 53.4 Å². The van der Waals surface area contributed by atoms with Crippen LogP contribution in [-0.2, 0) is 0 Å². The van der Waals surface area contributed by atoms with Crippen molar-refractivity contribution >= 4 is 28.1 Å². The Morgan fingerprint density at radius 1 is 1.14 bits per heavy atom. The Morgan fingerprint density at radius 2 is 1.96 bits per heavy atom. The van der Waals surface area contributed by atoms with Crippen LogP contribution >= 0.6 is 11.3 Å². The summed E-state index contributed by atoms with van der Waals surface area (Å²) in [7, 11) is 0. The van der Waals surface area contributed by atoms with E-state index >= 15 is 0 Å². The van der Waals surface area contributed by atoms with Crippen LogP contribution in [0.4, 0.5) is 10.8 Å². The van der Waals surface area contributed by atoms with E-state index in [0.29, 0.717) is 17.1 Å². The average molecular weight is 395 g/mol. The number of benzene rings is 2. The molecule has 3 aromatic rings. The first kappa shape index (κ1) is 18.3. The van der Waals surface area contributed by atoms with Crippen LogP contribution in [0.1, 0.15) is 24.2 Å². The van der Waals surface area contributed by atoms with E-state index in [1.54, 1.807) is 29.5 Å². The van der Waals surface area contributed by atoms with Gasteiger partial charge in [-0.25, -0.2) is 4.98 Å². The van der Waals surface area contributed by atoms with Gasteiger partial charge in [-0.1, -0.05) is 12.1 Å². The van der Waals surface area contributed by atoms with Crippen molar-refractivity contribution in [1.82, 2.24) is 4.98 Å². The van der Waals surface area contributed by atoms with E-state index in [4.69, 9.17) is 14.5 Å². The molecule has 28 heavy (non-hydrogen) atoms. The van der Waals surface area contributed by atoms with Crippen molar-refractivity contribution in [3.8, 4) is 22.8 Å². The molecule has 144 valence electrons. The van der Waals surface area contributed by atoms with Crippen molar-refractivity contribution in [3.63, 3.8) is 0 Å². The Morgan fingerprint density at radius 3 is 2.79 bits per heavy atom. The number of carbonyl (C=O) groups excluding carboxylic acids is 1. The summed E-state index contributed by atoms with van der Waals surface area (Å²) in [6.45, 7) is 6.28. The molecule has 1 N–H and O–H groups in total. The summed E-state index contributed by atoms with van der Waals surface area (Å²) in [4.78, 5) is 19.6. The molecule has 0 spiro atoms. The van der Waals surface area contributed by atoms with E-state index < -0.39 is 0 Å². The Hall–Kier alpha value is -3.06. The van der Waals surface area contributed by atoms with E-state index in [1.165, 1.54) is 0 Å². The van der Waals surface area contributed by atoms with E-state index in [1.807, 2.05) is 29.6 Å². The smallest absolute Gasteiger partial charge is 0.255 e. The number of ether oxygens (including phenoxy) is 2. The van der Waals surface area contributed by atoms with Gasteiger partial charge in [-0.2, -0.15) is 0 Å². The Labute approximate surface area is 167 Å². The molecule has 0 radical (unpaired) electrons. The zero-order valence-corrected chi connectivity index (χ0v) is 16.6. The lowest BCUT2D eigenvalue weighted by molar-refractivity contribution is 0.102. The van der Waals surface area contributed by atoms with Gasteiger partial charge in [0.1, 0.15) is 0 Å². The van der Waals surface area contributed by atoms with Crippen LogP contribution in [0.25, 0.3) is 11.3 Å². The number of nitrogens with one attached hydrogen (secondary N) is 1. The largest absolute Gasteiger partial charge is 0.454 e. The minimum Gasteiger partial charge on any atom is -0.454 e. The number of rotatable bonds is 6. The van der Waals surface area contributed by atoms with Crippen molar-refractivity contribution in [1.29, 1.82) is 0 Å². The summed E-state index contributed by atoms with van der Waals surface area (Å²) in [6.07, 6.45) is 0. The topological polar surface area (TPSA) is 63.7 Å². The molecule has 7 heteroatoms. The highest BCUT2D eigenvalue weighted by atomic mass is 32.1. The third kappa shape index (κ3) is 3.66. The number of hydrogen-bond donors (Lipinski definition) is 1. The minimum atomic E-state index is -0.197. The number of thiazole rings is 1. The molecule has 0 saturated carbocycles. The average Bonchev–Trinajstić information content (AvgIpc) is 3.38. The van der Waals surface area contributed by atoms with Crippen molar-refractivity contribution in [2.75, 3.05) is 30.1 Å². The second-order valence-corrected chi connectivity index (χ2v) is 7.13. The quantitative estimate of drug-likeness (QED) is 0.659. The Bertz CT molecular complexity index is 998. The maximum atomic E-state index is 12.6. The molecule has 0 saturated heterocycles. The van der Waals surface area contributed by atoms with Gasteiger partial charge in [0.25, 0.3) is 5.91 Å². The van der Waals surface area contributed by atoms with Crippen LogP contribution < -0.4 is 19.7 Å². The molecule has 0 unspecified atom stereocenters. The maximum absolute atomic E-state index is 12.6. The Kier molecular flexibility index (Phi) is 5.16. The zero-order chi connectivity index (χ0) is 19.5. The molecule has 1 aliphatic heterocycles. The van der Waals surface area contributed by atoms with E-state index in [9.17, 15) is 4.79 Å². The summed E-state index contributed by atoms with van der Waals surface area (Å²) < 4.78 is 10.6. The molecule has 2 aromatic carbocycles. The lowest BCUT2D eigenvalue weighted by Gasteiger charge is -2.16. The van der Waals surface area contributed by atoms with E-state index in [0.717, 1.165) is 35.2 Å². The van der Waals surface area contributed by atoms with Gasteiger partial charge in [-0.3, -0.25) is 4.79 Å². The number of aromatic nitrogens is 1. The SMILES string of the molecule is CCN(CC)c1nc(-c2cccc(NC(=O)c3ccc4c(c3)OCO4)c2)cs1. The third-order valence-corrected chi connectivity index (χ3v) is 5.48. The third-order valence-electron chi connectivity index (χ3n) is 4.58. The fourth-order valence-electron chi connectivity index (χ4n) is 3.03. The van der Waals surface area contributed by atoms with Crippen LogP contribution in [0, 0.1) is 0 Å². The molecule has 2 heterocycles. The van der Waals surface area contributed by atoms with E-state index in [-0.39, 0.29) is 12.7 Å². The van der Waals surface area contributed by atoms with Crippen LogP contribution in [-0.4, -0.2) is 30.8 Å². The van der Waals surface area contributed by atoms with Crippen LogP contribution in [0.15, 0.2) is 47.8 Å². The maximum Gasteiger partial charge on any atom is 0.255 e. The number of anilines is 2. The first-order valence-electron chi connectivity index (χ1n) is 9.20. The summed E-state index contributed by atoms with van der Waals surface area (Å²) in [5, 5.41) is 6.00. The predicted molar refractivity (Wildman–Crippen MR) is 112 cm³/mol. The van der Waals surface area contributed by atoms with Crippen LogP contribution in [0.5, 0.6) is 11.5 Å². The first-order chi connectivity index (χ1) is 13.7. The normalized spacial score (nSPS) is 12.1. The molecule has 0 fully saturated rings. The van der Waals surface area contributed by atoms with Gasteiger partial charge in [-0.15, -0.1) is 11.3 Å². The van der Waals surface area contributed by atoms with Gasteiger partial charge in [0, 0.05) is 35.3 Å². The second kappa shape index (κ2) is 7.90. The molecular weight excluding hydrogens is 374 g/mol. The number of nitrogens with zero attached hydrogens (tertiary/aromatic N) is 2. The zero-order valence-electron chi connectivity index (χ0n) is 15.8. The monoisotopic (exact) mass is 395 g/mol. The van der Waals surface area contributed by atoms with Gasteiger partial charge < -0.3 is 19.7 Å². The van der Waals surface area contributed by atoms with Gasteiger partial charge in [0.2, 0.25) is 6.79 Å². The highest BCUT2D eigenvalue weighted by Crippen LogP contribution is 2.33. The number of hydrogen-bond acceptors (Lipinski definition) is 6. The number of amides is 1. The molecule has 0 atom stereocenters. The molecule has 4 rings (SSSR count). The predicted octanol–water partition coefficient (Wildman–Crippen LogP) is 4.64. The fourth-order valence-corrected chi connectivity index (χ4v) is 4.00. The standard InChI is InChI=1S/C21H21N3O3S/c1-3-24(4-2)21-23-17(12-28-21)14-6-5-7-16(10-14)22-20(25)15-8-9-18-19(11-15)27-13-26-18/h5-12H,3-4,13H2,1-2H3,(H,22,25). The number of carbonyl (C=O) groups is 1. The molecule has 1 amide bonds. The van der Waals surface area contributed by atoms with Crippen molar-refractivity contribution < 1.29 is 14.3 Å². The molecule has 6 nitrogen and oxygen atoms in total. The fraction of sp³-hybridized carbons (Fsp3) is 0.238. The van der Waals surface area contributed by atoms with Crippen molar-refractivity contribution in [2.24, 2.45) is 0 Å². The van der Waals surface area contributed by atoms with Gasteiger partial charge in [-0.05, 0) is 44.2 Å². The van der Waals surface area contributed by atoms with E-state index in [2.05, 4.69) is 24.1 Å². The summed E-state index contributed by atoms with van der Waals surface area (Å²) >= 11 is 1.63. The van der Waals surface area contributed by atoms with Crippen molar-refractivity contribution in [2.45, 2.75) is 13.8 Å². The molecule has 0 bridgehead atoms. The van der Waals surface area contributed by atoms with Gasteiger partial charge in [0.05, 0.1) is 5.69 Å². The number of fused-ring (bicyclic) bond motifs is 1. The molecule has 1 aromatic heterocycles. The van der Waals surface area contributed by atoms with Gasteiger partial charge in [0.15, 0.2) is 16.6 Å². The highest BCUT2D eigenvalue weighted by molar-refractivity contribution is 7.14. The lowest BCUT2D eigenvalue weighted by Crippen LogP contribution is -2.21. The molecule has 1 aliphatic rings. The minimum absolute atomic E-state index is 0.186. The lowest BCUT2D eigenvalue weighted by atomic mass is 10.1. The van der Waals surface area contributed by atoms with Crippen LogP contribution in [0.3, 0.4) is 0 Å². The molecular formula is C21H21N3O3S. The Balaban J connectivity index is 1.52. The highest BCUT2D eigenvalue weighted by Gasteiger charge is 2.16. The summed E-state index contributed by atoms with van der Waals surface area (Å²) in [5.41, 5.74) is 3.12. The second-order valence-electron chi connectivity index (χ2n) is 6.29. The summed E-state index contributed by atoms with van der Waals surface area (Å²) in [5.74, 6) is 1.05. The van der Waals surface area contributed by atoms with Crippen LogP contribution in [0.2, 0.25) is 0 Å². The summed E-state index contributed by atoms with van der Waals surface area (Å²) in [6, 6.07) is 12.9.